The summed E-state index contributed by atoms with van der Waals surface area (Å²) in [6.07, 6.45) is 0. The van der Waals surface area contributed by atoms with E-state index in [1.807, 2.05) is 0 Å². The lowest BCUT2D eigenvalue weighted by Crippen LogP contribution is -2.30. The molecule has 1 amide bonds. The van der Waals surface area contributed by atoms with E-state index in [0.29, 0.717) is 21.6 Å². The normalized spacial score (nSPS) is 11.3. The standard InChI is InChI=1S/C19H17ClN6O2/c1-10-5-8-14(22-21-10)26-19(28)17-15(16(23-26)18(27)24(2)3)12-7-6-11(20)9-13(12)25(17)4/h5-9H,1-4H3. The van der Waals surface area contributed by atoms with Gasteiger partial charge in [0.05, 0.1) is 11.2 Å². The number of aromatic nitrogens is 5. The molecule has 4 aromatic rings. The predicted molar refractivity (Wildman–Crippen MR) is 107 cm³/mol. The molecule has 0 radical (unpaired) electrons. The Morgan fingerprint density at radius 1 is 1.14 bits per heavy atom. The quantitative estimate of drug-likeness (QED) is 0.519. The number of nitrogens with zero attached hydrogens (tertiary/aromatic N) is 6. The fraction of sp³-hybridized carbons (Fsp3) is 0.211. The van der Waals surface area contributed by atoms with Crippen molar-refractivity contribution in [2.75, 3.05) is 14.1 Å². The minimum Gasteiger partial charge on any atom is -0.343 e. The zero-order chi connectivity index (χ0) is 20.2. The van der Waals surface area contributed by atoms with Crippen molar-refractivity contribution in [3.8, 4) is 5.82 Å². The lowest BCUT2D eigenvalue weighted by atomic mass is 10.1. The van der Waals surface area contributed by atoms with Crippen molar-refractivity contribution in [1.29, 1.82) is 0 Å². The zero-order valence-corrected chi connectivity index (χ0v) is 16.5. The van der Waals surface area contributed by atoms with Crippen molar-refractivity contribution in [2.24, 2.45) is 7.05 Å². The van der Waals surface area contributed by atoms with Crippen LogP contribution in [-0.4, -0.2) is 49.4 Å². The van der Waals surface area contributed by atoms with E-state index in [1.165, 1.54) is 4.90 Å². The number of carbonyl (C=O) groups excluding carboxylic acids is 1. The maximum atomic E-state index is 13.3. The first-order valence-corrected chi connectivity index (χ1v) is 8.90. The average Bonchev–Trinajstić information content (AvgIpc) is 2.95. The van der Waals surface area contributed by atoms with Crippen LogP contribution in [0.15, 0.2) is 35.1 Å². The molecule has 0 aliphatic rings. The van der Waals surface area contributed by atoms with Crippen molar-refractivity contribution < 1.29 is 4.79 Å². The Hall–Kier alpha value is -3.26. The fourth-order valence-corrected chi connectivity index (χ4v) is 3.38. The van der Waals surface area contributed by atoms with E-state index >= 15 is 0 Å². The number of aryl methyl sites for hydroxylation is 2. The first-order valence-electron chi connectivity index (χ1n) is 8.53. The molecule has 28 heavy (non-hydrogen) atoms. The van der Waals surface area contributed by atoms with Gasteiger partial charge < -0.3 is 9.47 Å². The van der Waals surface area contributed by atoms with Gasteiger partial charge in [-0.3, -0.25) is 9.59 Å². The molecule has 0 bridgehead atoms. The summed E-state index contributed by atoms with van der Waals surface area (Å²) in [5.74, 6) is -0.0742. The van der Waals surface area contributed by atoms with Crippen LogP contribution in [-0.2, 0) is 7.05 Å². The molecule has 0 aliphatic carbocycles. The first-order chi connectivity index (χ1) is 13.3. The summed E-state index contributed by atoms with van der Waals surface area (Å²) in [7, 11) is 5.04. The number of rotatable bonds is 2. The number of hydrogen-bond acceptors (Lipinski definition) is 5. The smallest absolute Gasteiger partial charge is 0.297 e. The van der Waals surface area contributed by atoms with Crippen LogP contribution in [0.25, 0.3) is 27.6 Å². The molecular formula is C19H17ClN6O2. The molecule has 0 saturated heterocycles. The van der Waals surface area contributed by atoms with Crippen LogP contribution >= 0.6 is 11.6 Å². The maximum absolute atomic E-state index is 13.3. The Bertz CT molecular complexity index is 1300. The molecule has 0 aliphatic heterocycles. The van der Waals surface area contributed by atoms with Gasteiger partial charge in [0.1, 0.15) is 5.52 Å². The molecule has 9 heteroatoms. The Balaban J connectivity index is 2.20. The lowest BCUT2D eigenvalue weighted by Gasteiger charge is -2.12. The summed E-state index contributed by atoms with van der Waals surface area (Å²) in [5.41, 5.74) is 1.57. The molecule has 4 rings (SSSR count). The molecule has 0 spiro atoms. The zero-order valence-electron chi connectivity index (χ0n) is 15.8. The molecule has 142 valence electrons. The number of hydrogen-bond donors (Lipinski definition) is 0. The fourth-order valence-electron chi connectivity index (χ4n) is 3.22. The van der Waals surface area contributed by atoms with Crippen molar-refractivity contribution in [2.45, 2.75) is 6.92 Å². The summed E-state index contributed by atoms with van der Waals surface area (Å²) in [6.45, 7) is 1.80. The van der Waals surface area contributed by atoms with Gasteiger partial charge in [0.25, 0.3) is 11.5 Å². The summed E-state index contributed by atoms with van der Waals surface area (Å²) >= 11 is 6.15. The summed E-state index contributed by atoms with van der Waals surface area (Å²) in [5, 5.41) is 14.2. The highest BCUT2D eigenvalue weighted by Crippen LogP contribution is 2.30. The van der Waals surface area contributed by atoms with Gasteiger partial charge in [-0.2, -0.15) is 14.9 Å². The van der Waals surface area contributed by atoms with E-state index in [-0.39, 0.29) is 17.4 Å². The van der Waals surface area contributed by atoms with E-state index in [9.17, 15) is 9.59 Å². The van der Waals surface area contributed by atoms with E-state index in [2.05, 4.69) is 15.3 Å². The topological polar surface area (TPSA) is 85.9 Å². The molecule has 0 unspecified atom stereocenters. The monoisotopic (exact) mass is 396 g/mol. The molecule has 0 N–H and O–H groups in total. The number of amides is 1. The van der Waals surface area contributed by atoms with Crippen LogP contribution in [0.3, 0.4) is 0 Å². The second-order valence-electron chi connectivity index (χ2n) is 6.74. The predicted octanol–water partition coefficient (Wildman–Crippen LogP) is 2.33. The Morgan fingerprint density at radius 2 is 1.89 bits per heavy atom. The van der Waals surface area contributed by atoms with Crippen LogP contribution in [0, 0.1) is 6.92 Å². The maximum Gasteiger partial charge on any atom is 0.297 e. The second-order valence-corrected chi connectivity index (χ2v) is 7.18. The van der Waals surface area contributed by atoms with Crippen molar-refractivity contribution in [3.05, 3.63) is 57.1 Å². The molecular weight excluding hydrogens is 380 g/mol. The minimum atomic E-state index is -0.390. The molecule has 0 saturated carbocycles. The SMILES string of the molecule is Cc1ccc(-n2nc(C(=O)N(C)C)c3c4ccc(Cl)cc4n(C)c3c2=O)nn1. The third-order valence-corrected chi connectivity index (χ3v) is 4.84. The lowest BCUT2D eigenvalue weighted by molar-refractivity contribution is 0.0822. The molecule has 8 nitrogen and oxygen atoms in total. The molecule has 0 atom stereocenters. The van der Waals surface area contributed by atoms with Gasteiger partial charge in [-0.15, -0.1) is 5.10 Å². The Kier molecular flexibility index (Phi) is 4.15. The van der Waals surface area contributed by atoms with Gasteiger partial charge in [0.2, 0.25) is 0 Å². The summed E-state index contributed by atoms with van der Waals surface area (Å²) in [6, 6.07) is 8.66. The van der Waals surface area contributed by atoms with Crippen LogP contribution in [0.4, 0.5) is 0 Å². The van der Waals surface area contributed by atoms with Crippen LogP contribution in [0.2, 0.25) is 5.02 Å². The number of carbonyl (C=O) groups is 1. The van der Waals surface area contributed by atoms with E-state index in [4.69, 9.17) is 11.6 Å². The number of fused-ring (bicyclic) bond motifs is 3. The largest absolute Gasteiger partial charge is 0.343 e. The number of benzene rings is 1. The molecule has 3 aromatic heterocycles. The average molecular weight is 397 g/mol. The number of halogens is 1. The van der Waals surface area contributed by atoms with Gasteiger partial charge in [-0.05, 0) is 31.2 Å². The summed E-state index contributed by atoms with van der Waals surface area (Å²) in [4.78, 5) is 27.6. The molecule has 0 fully saturated rings. The van der Waals surface area contributed by atoms with E-state index in [1.54, 1.807) is 63.0 Å². The minimum absolute atomic E-state index is 0.162. The van der Waals surface area contributed by atoms with Gasteiger partial charge in [-0.1, -0.05) is 17.7 Å². The van der Waals surface area contributed by atoms with Gasteiger partial charge in [0.15, 0.2) is 11.5 Å². The van der Waals surface area contributed by atoms with Gasteiger partial charge in [-0.25, -0.2) is 0 Å². The van der Waals surface area contributed by atoms with E-state index < -0.39 is 5.56 Å². The van der Waals surface area contributed by atoms with Crippen LogP contribution < -0.4 is 5.56 Å². The third-order valence-electron chi connectivity index (χ3n) is 4.60. The van der Waals surface area contributed by atoms with Gasteiger partial charge >= 0.3 is 0 Å². The highest BCUT2D eigenvalue weighted by atomic mass is 35.5. The van der Waals surface area contributed by atoms with E-state index in [0.717, 1.165) is 15.6 Å². The van der Waals surface area contributed by atoms with Crippen molar-refractivity contribution in [1.82, 2.24) is 29.4 Å². The molecule has 3 heterocycles. The van der Waals surface area contributed by atoms with Crippen LogP contribution in [0.1, 0.15) is 16.2 Å². The Morgan fingerprint density at radius 3 is 2.54 bits per heavy atom. The summed E-state index contributed by atoms with van der Waals surface area (Å²) < 4.78 is 2.84. The van der Waals surface area contributed by atoms with Crippen molar-refractivity contribution >= 4 is 39.3 Å². The van der Waals surface area contributed by atoms with Crippen LogP contribution in [0.5, 0.6) is 0 Å². The highest BCUT2D eigenvalue weighted by Gasteiger charge is 2.24. The Labute approximate surface area is 165 Å². The molecule has 1 aromatic carbocycles. The third kappa shape index (κ3) is 2.65. The first kappa shape index (κ1) is 18.1. The van der Waals surface area contributed by atoms with Crippen molar-refractivity contribution in [3.63, 3.8) is 0 Å². The second kappa shape index (κ2) is 6.42. The van der Waals surface area contributed by atoms with Gasteiger partial charge in [0, 0.05) is 36.9 Å². The highest BCUT2D eigenvalue weighted by molar-refractivity contribution is 6.31.